The largest absolute Gasteiger partial charge is 0.452 e. The molecule has 0 saturated carbocycles. The fraction of sp³-hybridized carbons (Fsp3) is 0.254. The lowest BCUT2D eigenvalue weighted by Crippen LogP contribution is -2.62. The number of aromatic nitrogens is 1. The first kappa shape index (κ1) is 53.2. The first-order valence-electron chi connectivity index (χ1n) is 24.6. The van der Waals surface area contributed by atoms with Gasteiger partial charge in [0.05, 0.1) is 65.8 Å². The predicted molar refractivity (Wildman–Crippen MR) is 278 cm³/mol. The van der Waals surface area contributed by atoms with Crippen LogP contribution in [0.2, 0.25) is 0 Å². The highest BCUT2D eigenvalue weighted by Gasteiger charge is 2.54. The molecule has 0 radical (unpaired) electrons. The molecular weight excluding hydrogens is 993 g/mol. The molecule has 0 N–H and O–H groups in total. The molecule has 2 saturated heterocycles. The number of thioether (sulfide) groups is 1. The number of nitrogens with zero attached hydrogens (tertiary/aromatic N) is 2. The van der Waals surface area contributed by atoms with Crippen LogP contribution in [0, 0.1) is 10.1 Å². The Kier molecular flexibility index (Phi) is 18.7. The predicted octanol–water partition coefficient (Wildman–Crippen LogP) is 10.0. The molecule has 0 unspecified atom stereocenters. The van der Waals surface area contributed by atoms with Crippen LogP contribution in [0.3, 0.4) is 0 Å². The van der Waals surface area contributed by atoms with E-state index in [1.165, 1.54) is 12.1 Å². The van der Waals surface area contributed by atoms with Gasteiger partial charge in [-0.3, -0.25) is 10.1 Å². The topological polar surface area (TPSA) is 190 Å². The second-order valence-corrected chi connectivity index (χ2v) is 18.9. The molecule has 2 fully saturated rings. The average molecular weight is 1050 g/mol. The van der Waals surface area contributed by atoms with Crippen LogP contribution in [0.5, 0.6) is 0 Å². The van der Waals surface area contributed by atoms with E-state index in [0.717, 1.165) is 34.6 Å². The second kappa shape index (κ2) is 26.7. The lowest BCUT2D eigenvalue weighted by Gasteiger charge is -2.45. The summed E-state index contributed by atoms with van der Waals surface area (Å²) in [6.45, 7) is 0.534. The summed E-state index contributed by atoms with van der Waals surface area (Å²) in [5.41, 5.74) is 1.83. The van der Waals surface area contributed by atoms with Crippen molar-refractivity contribution < 1.29 is 61.9 Å². The van der Waals surface area contributed by atoms with Crippen molar-refractivity contribution in [1.29, 1.82) is 0 Å². The normalized spacial score (nSPS) is 22.2. The summed E-state index contributed by atoms with van der Waals surface area (Å²) in [5, 5.41) is 11.9. The van der Waals surface area contributed by atoms with Gasteiger partial charge in [-0.25, -0.2) is 19.4 Å². The Hall–Kier alpha value is -7.61. The molecule has 2 aliphatic heterocycles. The standard InChI is InChI=1S/C59H54N2O14S/c62-56(43-25-13-4-14-26-43)73-53-49(72-59(76-50-32-31-46(34-60-50)61(65)66)55(75-58(64)45-29-17-6-18-30-45)54(53)74-57(63)44-27-15-5-16-28-44)39-69-51-33-47(68-36-41-21-9-2-10-22-41)52(70-37-42-23-11-3-12-24-42)48(71-51)38-67-35-40-19-7-1-8-20-40/h1-32,34,47-49,51-55,59H,33,35-39H2/t47-,48-,49-,51+,52-,53-,54+,55-,59+/m1/s1. The molecule has 9 atom stereocenters. The molecule has 1 aromatic heterocycles. The van der Waals surface area contributed by atoms with Crippen molar-refractivity contribution in [1.82, 2.24) is 4.98 Å². The Balaban J connectivity index is 1.06. The zero-order valence-corrected chi connectivity index (χ0v) is 41.8. The molecule has 7 aromatic rings. The Labute approximate surface area is 443 Å². The maximum Gasteiger partial charge on any atom is 0.338 e. The van der Waals surface area contributed by atoms with Crippen LogP contribution in [0.15, 0.2) is 205 Å². The van der Waals surface area contributed by atoms with Gasteiger partial charge in [0.1, 0.15) is 24.5 Å². The van der Waals surface area contributed by atoms with Crippen LogP contribution in [0.4, 0.5) is 5.69 Å². The van der Waals surface area contributed by atoms with Gasteiger partial charge in [-0.1, -0.05) is 157 Å². The number of esters is 3. The zero-order valence-electron chi connectivity index (χ0n) is 41.0. The van der Waals surface area contributed by atoms with Gasteiger partial charge >= 0.3 is 17.9 Å². The zero-order chi connectivity index (χ0) is 52.5. The smallest absolute Gasteiger partial charge is 0.338 e. The number of hydrogen-bond donors (Lipinski definition) is 0. The highest BCUT2D eigenvalue weighted by molar-refractivity contribution is 7.99. The summed E-state index contributed by atoms with van der Waals surface area (Å²) in [4.78, 5) is 58.0. The maximum atomic E-state index is 14.3. The second-order valence-electron chi connectivity index (χ2n) is 17.8. The number of hydrogen-bond acceptors (Lipinski definition) is 16. The van der Waals surface area contributed by atoms with Crippen LogP contribution in [-0.2, 0) is 62.5 Å². The molecule has 0 bridgehead atoms. The van der Waals surface area contributed by atoms with Gasteiger partial charge in [0, 0.05) is 12.5 Å². The van der Waals surface area contributed by atoms with Gasteiger partial charge in [0.25, 0.3) is 5.69 Å². The number of rotatable bonds is 22. The van der Waals surface area contributed by atoms with Crippen LogP contribution < -0.4 is 0 Å². The van der Waals surface area contributed by atoms with E-state index >= 15 is 0 Å². The van der Waals surface area contributed by atoms with Crippen LogP contribution in [0.25, 0.3) is 0 Å². The van der Waals surface area contributed by atoms with E-state index in [0.29, 0.717) is 6.61 Å². The van der Waals surface area contributed by atoms with E-state index in [9.17, 15) is 24.5 Å². The van der Waals surface area contributed by atoms with Crippen LogP contribution in [0.1, 0.15) is 54.2 Å². The minimum Gasteiger partial charge on any atom is -0.452 e. The number of nitro groups is 1. The molecule has 16 nitrogen and oxygen atoms in total. The molecule has 0 aliphatic carbocycles. The first-order chi connectivity index (χ1) is 37.2. The molecule has 0 spiro atoms. The first-order valence-corrected chi connectivity index (χ1v) is 25.5. The number of pyridine rings is 1. The van der Waals surface area contributed by atoms with Gasteiger partial charge in [-0.05, 0) is 59.2 Å². The third-order valence-corrected chi connectivity index (χ3v) is 13.5. The summed E-state index contributed by atoms with van der Waals surface area (Å²) in [5.74, 6) is -2.42. The Bertz CT molecular complexity index is 2930. The minimum atomic E-state index is -1.56. The van der Waals surface area contributed by atoms with Crippen LogP contribution in [-0.4, -0.2) is 95.5 Å². The van der Waals surface area contributed by atoms with Crippen molar-refractivity contribution in [2.75, 3.05) is 13.2 Å². The van der Waals surface area contributed by atoms with E-state index in [-0.39, 0.29) is 60.3 Å². The quantitative estimate of drug-likeness (QED) is 0.0269. The monoisotopic (exact) mass is 1050 g/mol. The fourth-order valence-corrected chi connectivity index (χ4v) is 9.64. The van der Waals surface area contributed by atoms with Crippen molar-refractivity contribution in [2.45, 2.75) is 85.7 Å². The van der Waals surface area contributed by atoms with E-state index in [2.05, 4.69) is 4.98 Å². The summed E-state index contributed by atoms with van der Waals surface area (Å²) in [6.07, 6.45) is -7.56. The lowest BCUT2D eigenvalue weighted by atomic mass is 9.98. The van der Waals surface area contributed by atoms with Crippen LogP contribution >= 0.6 is 11.8 Å². The third kappa shape index (κ3) is 14.6. The molecule has 3 heterocycles. The Morgan fingerprint density at radius 2 is 0.974 bits per heavy atom. The van der Waals surface area contributed by atoms with Crippen molar-refractivity contribution in [3.8, 4) is 0 Å². The summed E-state index contributed by atoms with van der Waals surface area (Å²) < 4.78 is 59.0. The molecule has 76 heavy (non-hydrogen) atoms. The Morgan fingerprint density at radius 3 is 1.47 bits per heavy atom. The molecule has 6 aromatic carbocycles. The van der Waals surface area contributed by atoms with Gasteiger partial charge < -0.3 is 42.6 Å². The average Bonchev–Trinajstić information content (AvgIpc) is 3.49. The maximum absolute atomic E-state index is 14.3. The van der Waals surface area contributed by atoms with Crippen molar-refractivity contribution in [3.05, 3.63) is 244 Å². The van der Waals surface area contributed by atoms with Crippen molar-refractivity contribution in [2.24, 2.45) is 0 Å². The van der Waals surface area contributed by atoms with Crippen molar-refractivity contribution >= 4 is 35.4 Å². The molecule has 390 valence electrons. The summed E-state index contributed by atoms with van der Waals surface area (Å²) >= 11 is 0.951. The van der Waals surface area contributed by atoms with Gasteiger partial charge in [0.15, 0.2) is 30.0 Å². The van der Waals surface area contributed by atoms with Crippen molar-refractivity contribution in [3.63, 3.8) is 0 Å². The summed E-state index contributed by atoms with van der Waals surface area (Å²) in [6, 6.07) is 56.5. The highest BCUT2D eigenvalue weighted by Crippen LogP contribution is 2.39. The van der Waals surface area contributed by atoms with Gasteiger partial charge in [-0.2, -0.15) is 0 Å². The highest BCUT2D eigenvalue weighted by atomic mass is 32.2. The number of carbonyl (C=O) groups excluding carboxylic acids is 3. The third-order valence-electron chi connectivity index (χ3n) is 12.4. The number of carbonyl (C=O) groups is 3. The lowest BCUT2D eigenvalue weighted by molar-refractivity contribution is -0.385. The van der Waals surface area contributed by atoms with E-state index in [4.69, 9.17) is 42.6 Å². The number of ether oxygens (including phenoxy) is 9. The molecule has 0 amide bonds. The Morgan fingerprint density at radius 1 is 0.513 bits per heavy atom. The molecular formula is C59H54N2O14S. The van der Waals surface area contributed by atoms with E-state index in [1.807, 2.05) is 91.0 Å². The summed E-state index contributed by atoms with van der Waals surface area (Å²) in [7, 11) is 0. The molecule has 17 heteroatoms. The SMILES string of the molecule is O=C(O[C@@H]1[C@@H](OC(=O)c2ccccc2)[C@H](Sc2ccc([N+](=O)[O-])cn2)O[C@H](CO[C@@H]2C[C@@H](OCc3ccccc3)[C@@H](OCc3ccccc3)[C@@H](COCc3ccccc3)O2)[C@H]1OC(=O)c1ccccc1)c1ccccc1. The number of benzene rings is 6. The van der Waals surface area contributed by atoms with E-state index < -0.39 is 77.3 Å². The van der Waals surface area contributed by atoms with Gasteiger partial charge in [-0.15, -0.1) is 0 Å². The minimum absolute atomic E-state index is 0.0869. The fourth-order valence-electron chi connectivity index (χ4n) is 8.60. The molecule has 9 rings (SSSR count). The molecule has 2 aliphatic rings. The van der Waals surface area contributed by atoms with Gasteiger partial charge in [0.2, 0.25) is 0 Å². The van der Waals surface area contributed by atoms with E-state index in [1.54, 1.807) is 91.0 Å².